The lowest BCUT2D eigenvalue weighted by atomic mass is 9.71. The molecule has 7 heteroatoms. The van der Waals surface area contributed by atoms with E-state index in [1.54, 1.807) is 22.8 Å². The van der Waals surface area contributed by atoms with E-state index in [4.69, 9.17) is 4.74 Å². The van der Waals surface area contributed by atoms with Crippen molar-refractivity contribution in [2.75, 3.05) is 39.4 Å². The van der Waals surface area contributed by atoms with Crippen molar-refractivity contribution in [2.45, 2.75) is 45.6 Å². The van der Waals surface area contributed by atoms with Crippen LogP contribution in [-0.4, -0.2) is 72.2 Å². The van der Waals surface area contributed by atoms with Crippen LogP contribution in [-0.2, 0) is 9.53 Å². The third-order valence-corrected chi connectivity index (χ3v) is 6.23. The van der Waals surface area contributed by atoms with Gasteiger partial charge in [-0.05, 0) is 50.8 Å². The number of halogens is 1. The number of likely N-dealkylation sites (tertiary alicyclic amines) is 2. The lowest BCUT2D eigenvalue weighted by Gasteiger charge is -2.51. The van der Waals surface area contributed by atoms with Crippen molar-refractivity contribution in [1.82, 2.24) is 9.80 Å². The molecule has 2 atom stereocenters. The van der Waals surface area contributed by atoms with E-state index in [1.165, 1.54) is 12.1 Å². The zero-order valence-electron chi connectivity index (χ0n) is 17.3. The number of benzene rings is 1. The predicted molar refractivity (Wildman–Crippen MR) is 107 cm³/mol. The number of nitrogens with zero attached hydrogens (tertiary/aromatic N) is 2. The van der Waals surface area contributed by atoms with Gasteiger partial charge in [0.05, 0.1) is 19.1 Å². The minimum absolute atomic E-state index is 0.0224. The Bertz CT molecular complexity index is 756. The lowest BCUT2D eigenvalue weighted by Crippen LogP contribution is -2.60. The van der Waals surface area contributed by atoms with E-state index in [9.17, 15) is 19.1 Å². The Morgan fingerprint density at radius 1 is 1.28 bits per heavy atom. The molecule has 2 aliphatic rings. The summed E-state index contributed by atoms with van der Waals surface area (Å²) in [5.41, 5.74) is 0.555. The smallest absolute Gasteiger partial charge is 0.254 e. The molecule has 29 heavy (non-hydrogen) atoms. The summed E-state index contributed by atoms with van der Waals surface area (Å²) in [7, 11) is 0. The summed E-state index contributed by atoms with van der Waals surface area (Å²) in [6.45, 7) is 6.55. The molecule has 2 fully saturated rings. The minimum atomic E-state index is -0.567. The molecule has 3 rings (SSSR count). The zero-order valence-corrected chi connectivity index (χ0v) is 17.3. The van der Waals surface area contributed by atoms with Gasteiger partial charge in [-0.3, -0.25) is 9.59 Å². The molecule has 0 aliphatic carbocycles. The normalized spacial score (nSPS) is 24.8. The summed E-state index contributed by atoms with van der Waals surface area (Å²) in [6.07, 6.45) is 1.77. The number of carbonyl (C=O) groups is 2. The lowest BCUT2D eigenvalue weighted by molar-refractivity contribution is -0.143. The first kappa shape index (κ1) is 21.7. The fraction of sp³-hybridized carbons (Fsp3) is 0.636. The Hall–Kier alpha value is -1.99. The quantitative estimate of drug-likeness (QED) is 0.763. The van der Waals surface area contributed by atoms with Gasteiger partial charge in [0.15, 0.2) is 0 Å². The van der Waals surface area contributed by atoms with Crippen molar-refractivity contribution >= 4 is 11.8 Å². The monoisotopic (exact) mass is 406 g/mol. The van der Waals surface area contributed by atoms with Crippen LogP contribution < -0.4 is 0 Å². The number of rotatable bonds is 5. The number of amides is 2. The molecular formula is C22H31FN2O4. The van der Waals surface area contributed by atoms with Gasteiger partial charge in [-0.2, -0.15) is 0 Å². The number of hydrogen-bond donors (Lipinski definition) is 1. The molecule has 0 bridgehead atoms. The van der Waals surface area contributed by atoms with Crippen molar-refractivity contribution in [1.29, 1.82) is 0 Å². The molecule has 0 unspecified atom stereocenters. The maximum absolute atomic E-state index is 13.7. The molecule has 2 amide bonds. The Labute approximate surface area is 171 Å². The van der Waals surface area contributed by atoms with Crippen LogP contribution in [0.1, 0.15) is 48.5 Å². The topological polar surface area (TPSA) is 70.1 Å². The van der Waals surface area contributed by atoms with E-state index < -0.39 is 17.3 Å². The summed E-state index contributed by atoms with van der Waals surface area (Å²) in [5.74, 6) is -0.628. The number of carbonyl (C=O) groups excluding carboxylic acids is 2. The average molecular weight is 406 g/mol. The second-order valence-corrected chi connectivity index (χ2v) is 8.22. The van der Waals surface area contributed by atoms with E-state index >= 15 is 0 Å². The van der Waals surface area contributed by atoms with Crippen LogP contribution in [0.25, 0.3) is 0 Å². The van der Waals surface area contributed by atoms with Crippen LogP contribution in [0.4, 0.5) is 4.39 Å². The first-order chi connectivity index (χ1) is 13.9. The van der Waals surface area contributed by atoms with Gasteiger partial charge in [-0.15, -0.1) is 0 Å². The Morgan fingerprint density at radius 2 is 2.03 bits per heavy atom. The average Bonchev–Trinajstić information content (AvgIpc) is 2.71. The highest BCUT2D eigenvalue weighted by Gasteiger charge is 2.47. The maximum atomic E-state index is 13.7. The number of ether oxygens (including phenoxy) is 1. The fourth-order valence-electron chi connectivity index (χ4n) is 4.55. The van der Waals surface area contributed by atoms with Crippen molar-refractivity contribution in [3.05, 3.63) is 35.1 Å². The highest BCUT2D eigenvalue weighted by atomic mass is 19.1. The van der Waals surface area contributed by atoms with Crippen LogP contribution in [0.2, 0.25) is 0 Å². The standard InChI is InChI=1S/C22H31FN2O4/c1-3-29-12-8-20(27)24-11-7-19(26)22(14-24)9-4-10-25(15-22)21(28)18-13-17(23)6-5-16(18)2/h5-6,13,19,26H,3-4,7-12,14-15H2,1-2H3/t19-,22-/m1/s1. The van der Waals surface area contributed by atoms with Gasteiger partial charge in [0.2, 0.25) is 5.91 Å². The number of piperidine rings is 2. The summed E-state index contributed by atoms with van der Waals surface area (Å²) >= 11 is 0. The third-order valence-electron chi connectivity index (χ3n) is 6.23. The maximum Gasteiger partial charge on any atom is 0.254 e. The summed E-state index contributed by atoms with van der Waals surface area (Å²) in [4.78, 5) is 29.2. The van der Waals surface area contributed by atoms with Crippen molar-refractivity contribution in [2.24, 2.45) is 5.41 Å². The summed E-state index contributed by atoms with van der Waals surface area (Å²) < 4.78 is 19.0. The molecule has 2 heterocycles. The molecule has 2 saturated heterocycles. The fourth-order valence-corrected chi connectivity index (χ4v) is 4.55. The van der Waals surface area contributed by atoms with Gasteiger partial charge in [0, 0.05) is 43.8 Å². The number of aliphatic hydroxyl groups excluding tert-OH is 1. The Morgan fingerprint density at radius 3 is 2.79 bits per heavy atom. The van der Waals surface area contributed by atoms with Gasteiger partial charge in [-0.25, -0.2) is 4.39 Å². The highest BCUT2D eigenvalue weighted by molar-refractivity contribution is 5.95. The van der Waals surface area contributed by atoms with Crippen LogP contribution >= 0.6 is 0 Å². The van der Waals surface area contributed by atoms with Crippen LogP contribution in [0.15, 0.2) is 18.2 Å². The first-order valence-corrected chi connectivity index (χ1v) is 10.5. The van der Waals surface area contributed by atoms with Crippen LogP contribution in [0.3, 0.4) is 0 Å². The molecule has 0 aromatic heterocycles. The van der Waals surface area contributed by atoms with E-state index in [0.29, 0.717) is 57.8 Å². The van der Waals surface area contributed by atoms with Crippen LogP contribution in [0.5, 0.6) is 0 Å². The Kier molecular flexibility index (Phi) is 6.90. The molecular weight excluding hydrogens is 375 g/mol. The predicted octanol–water partition coefficient (Wildman–Crippen LogP) is 2.38. The Balaban J connectivity index is 1.73. The van der Waals surface area contributed by atoms with Crippen molar-refractivity contribution < 1.29 is 23.8 Å². The highest BCUT2D eigenvalue weighted by Crippen LogP contribution is 2.39. The number of aliphatic hydroxyl groups is 1. The molecule has 1 aromatic rings. The van der Waals surface area contributed by atoms with Crippen LogP contribution in [0, 0.1) is 18.2 Å². The zero-order chi connectivity index (χ0) is 21.0. The largest absolute Gasteiger partial charge is 0.392 e. The molecule has 0 saturated carbocycles. The summed E-state index contributed by atoms with van der Waals surface area (Å²) in [6, 6.07) is 4.23. The van der Waals surface area contributed by atoms with Gasteiger partial charge < -0.3 is 19.6 Å². The molecule has 1 aromatic carbocycles. The third kappa shape index (κ3) is 4.78. The van der Waals surface area contributed by atoms with Gasteiger partial charge in [-0.1, -0.05) is 6.07 Å². The second-order valence-electron chi connectivity index (χ2n) is 8.22. The van der Waals surface area contributed by atoms with E-state index in [-0.39, 0.29) is 11.8 Å². The molecule has 1 N–H and O–H groups in total. The first-order valence-electron chi connectivity index (χ1n) is 10.5. The molecule has 160 valence electrons. The van der Waals surface area contributed by atoms with E-state index in [0.717, 1.165) is 18.4 Å². The molecule has 6 nitrogen and oxygen atoms in total. The number of hydrogen-bond acceptors (Lipinski definition) is 4. The van der Waals surface area contributed by atoms with Gasteiger partial charge in [0.1, 0.15) is 5.82 Å². The van der Waals surface area contributed by atoms with Crippen molar-refractivity contribution in [3.63, 3.8) is 0 Å². The van der Waals surface area contributed by atoms with Crippen molar-refractivity contribution in [3.8, 4) is 0 Å². The van der Waals surface area contributed by atoms with E-state index in [2.05, 4.69) is 0 Å². The minimum Gasteiger partial charge on any atom is -0.392 e. The second kappa shape index (κ2) is 9.22. The number of aryl methyl sites for hydroxylation is 1. The SMILES string of the molecule is CCOCCC(=O)N1CC[C@@H](O)[C@]2(CCCN(C(=O)c3cc(F)ccc3C)C2)C1. The molecule has 0 radical (unpaired) electrons. The van der Waals surface area contributed by atoms with E-state index in [1.807, 2.05) is 6.92 Å². The van der Waals surface area contributed by atoms with Gasteiger partial charge >= 0.3 is 0 Å². The van der Waals surface area contributed by atoms with Gasteiger partial charge in [0.25, 0.3) is 5.91 Å². The summed E-state index contributed by atoms with van der Waals surface area (Å²) in [5, 5.41) is 10.8. The molecule has 2 aliphatic heterocycles. The molecule has 1 spiro atoms.